The average molecular weight is 299 g/mol. The molecule has 0 bridgehead atoms. The number of halogens is 1. The minimum absolute atomic E-state index is 0.181. The quantitative estimate of drug-likeness (QED) is 0.587. The van der Waals surface area contributed by atoms with Gasteiger partial charge >= 0.3 is 5.97 Å². The second-order valence-corrected chi connectivity index (χ2v) is 4.84. The van der Waals surface area contributed by atoms with Crippen LogP contribution in [-0.4, -0.2) is 44.7 Å². The molecule has 0 heterocycles. The highest BCUT2D eigenvalue weighted by molar-refractivity contribution is 6.30. The zero-order valence-corrected chi connectivity index (χ0v) is 12.4. The third-order valence-corrected chi connectivity index (χ3v) is 2.63. The van der Waals surface area contributed by atoms with Gasteiger partial charge in [0.2, 0.25) is 0 Å². The maximum absolute atomic E-state index is 11.3. The Hall–Kier alpha value is -1.56. The molecule has 0 fully saturated rings. The summed E-state index contributed by atoms with van der Waals surface area (Å²) < 4.78 is 4.96. The molecular formula is C14H19ClN2O3. The van der Waals surface area contributed by atoms with Crippen LogP contribution in [0.5, 0.6) is 0 Å². The van der Waals surface area contributed by atoms with E-state index in [-0.39, 0.29) is 6.61 Å². The summed E-state index contributed by atoms with van der Waals surface area (Å²) in [5.41, 5.74) is 3.97. The third-order valence-electron chi connectivity index (χ3n) is 2.38. The van der Waals surface area contributed by atoms with Crippen molar-refractivity contribution in [3.05, 3.63) is 41.4 Å². The Morgan fingerprint density at radius 2 is 2.00 bits per heavy atom. The molecule has 0 saturated carbocycles. The van der Waals surface area contributed by atoms with Gasteiger partial charge in [-0.15, -0.1) is 0 Å². The largest absolute Gasteiger partial charge is 0.463 e. The number of hydrogen-bond acceptors (Lipinski definition) is 5. The summed E-state index contributed by atoms with van der Waals surface area (Å²) in [6.45, 7) is 4.64. The Morgan fingerprint density at radius 1 is 1.35 bits per heavy atom. The van der Waals surface area contributed by atoms with Crippen molar-refractivity contribution in [2.45, 2.75) is 0 Å². The van der Waals surface area contributed by atoms with E-state index in [1.54, 1.807) is 24.3 Å². The van der Waals surface area contributed by atoms with Crippen molar-refractivity contribution >= 4 is 23.3 Å². The fraction of sp³-hybridized carbons (Fsp3) is 0.357. The molecule has 5 nitrogen and oxygen atoms in total. The number of benzene rings is 1. The van der Waals surface area contributed by atoms with Crippen molar-refractivity contribution in [2.24, 2.45) is 0 Å². The minimum Gasteiger partial charge on any atom is -0.463 e. The predicted molar refractivity (Wildman–Crippen MR) is 79.1 cm³/mol. The van der Waals surface area contributed by atoms with Crippen molar-refractivity contribution in [1.29, 1.82) is 0 Å². The summed E-state index contributed by atoms with van der Waals surface area (Å²) in [7, 11) is 3.81. The van der Waals surface area contributed by atoms with E-state index in [4.69, 9.17) is 21.2 Å². The van der Waals surface area contributed by atoms with Crippen molar-refractivity contribution in [1.82, 2.24) is 10.4 Å². The monoisotopic (exact) mass is 298 g/mol. The maximum Gasteiger partial charge on any atom is 0.334 e. The van der Waals surface area contributed by atoms with Crippen LogP contribution in [0.4, 0.5) is 0 Å². The number of esters is 1. The lowest BCUT2D eigenvalue weighted by Gasteiger charge is -2.11. The fourth-order valence-electron chi connectivity index (χ4n) is 1.28. The molecule has 0 aliphatic heterocycles. The summed E-state index contributed by atoms with van der Waals surface area (Å²) >= 11 is 5.79. The number of hydrogen-bond donors (Lipinski definition) is 1. The lowest BCUT2D eigenvalue weighted by molar-refractivity contribution is -0.150. The predicted octanol–water partition coefficient (Wildman–Crippen LogP) is 1.94. The number of ether oxygens (including phenoxy) is 1. The smallest absolute Gasteiger partial charge is 0.334 e. The van der Waals surface area contributed by atoms with Gasteiger partial charge in [-0.1, -0.05) is 30.3 Å². The molecule has 0 saturated heterocycles. The molecule has 1 N–H and O–H groups in total. The van der Waals surface area contributed by atoms with Crippen LogP contribution in [0.3, 0.4) is 0 Å². The number of rotatable bonds is 8. The van der Waals surface area contributed by atoms with Crippen LogP contribution in [0.1, 0.15) is 5.56 Å². The first kappa shape index (κ1) is 16.5. The van der Waals surface area contributed by atoms with Gasteiger partial charge in [0.05, 0.1) is 5.70 Å². The van der Waals surface area contributed by atoms with Gasteiger partial charge in [0, 0.05) is 11.6 Å². The molecule has 0 amide bonds. The van der Waals surface area contributed by atoms with E-state index in [1.807, 2.05) is 19.0 Å². The number of likely N-dealkylation sites (N-methyl/N-ethyl adjacent to an activating group) is 1. The van der Waals surface area contributed by atoms with Crippen LogP contribution in [0, 0.1) is 0 Å². The molecular weight excluding hydrogens is 280 g/mol. The van der Waals surface area contributed by atoms with Crippen LogP contribution in [0.2, 0.25) is 5.02 Å². The first-order valence-corrected chi connectivity index (χ1v) is 6.50. The Kier molecular flexibility index (Phi) is 7.08. The number of carbonyl (C=O) groups excluding carboxylic acids is 1. The second-order valence-electron chi connectivity index (χ2n) is 4.40. The van der Waals surface area contributed by atoms with Crippen molar-refractivity contribution < 1.29 is 14.4 Å². The molecule has 1 rings (SSSR count). The number of nitrogens with zero attached hydrogens (tertiary/aromatic N) is 1. The first-order valence-electron chi connectivity index (χ1n) is 6.12. The van der Waals surface area contributed by atoms with Crippen molar-refractivity contribution in [2.75, 3.05) is 33.9 Å². The van der Waals surface area contributed by atoms with Crippen LogP contribution in [0.25, 0.3) is 5.70 Å². The Morgan fingerprint density at radius 3 is 2.60 bits per heavy atom. The molecule has 1 aromatic rings. The topological polar surface area (TPSA) is 50.8 Å². The summed E-state index contributed by atoms with van der Waals surface area (Å²) in [5, 5.41) is 0.645. The van der Waals surface area contributed by atoms with Gasteiger partial charge in [0.1, 0.15) is 6.61 Å². The van der Waals surface area contributed by atoms with E-state index in [0.717, 1.165) is 5.56 Å². The van der Waals surface area contributed by atoms with Gasteiger partial charge in [0.15, 0.2) is 6.61 Å². The summed E-state index contributed by atoms with van der Waals surface area (Å²) in [5.74, 6) is -0.428. The molecule has 6 heteroatoms. The minimum atomic E-state index is -0.428. The molecule has 0 aliphatic rings. The molecule has 0 aliphatic carbocycles. The van der Waals surface area contributed by atoms with Crippen LogP contribution >= 0.6 is 11.6 Å². The third kappa shape index (κ3) is 6.56. The fourth-order valence-corrected chi connectivity index (χ4v) is 1.40. The highest BCUT2D eigenvalue weighted by atomic mass is 35.5. The Bertz CT molecular complexity index is 446. The maximum atomic E-state index is 11.3. The van der Waals surface area contributed by atoms with Crippen LogP contribution in [0.15, 0.2) is 30.8 Å². The first-order chi connectivity index (χ1) is 9.49. The number of nitrogens with one attached hydrogen (secondary N) is 1. The van der Waals surface area contributed by atoms with E-state index in [2.05, 4.69) is 12.1 Å². The molecule has 110 valence electrons. The molecule has 0 radical (unpaired) electrons. The SMILES string of the molecule is C=C(NOCC(=O)OCCN(C)C)c1ccc(Cl)cc1. The number of hydroxylamine groups is 1. The van der Waals surface area contributed by atoms with Crippen molar-refractivity contribution in [3.63, 3.8) is 0 Å². The standard InChI is InChI=1S/C14H19ClN2O3/c1-11(12-4-6-13(15)7-5-12)16-20-10-14(18)19-9-8-17(2)3/h4-7,16H,1,8-10H2,2-3H3. The van der Waals surface area contributed by atoms with E-state index >= 15 is 0 Å². The van der Waals surface area contributed by atoms with Gasteiger partial charge in [-0.25, -0.2) is 4.79 Å². The zero-order valence-electron chi connectivity index (χ0n) is 11.7. The summed E-state index contributed by atoms with van der Waals surface area (Å²) in [6, 6.07) is 7.10. The summed E-state index contributed by atoms with van der Waals surface area (Å²) in [4.78, 5) is 18.3. The second kappa shape index (κ2) is 8.58. The van der Waals surface area contributed by atoms with E-state index in [1.165, 1.54) is 0 Å². The van der Waals surface area contributed by atoms with Crippen LogP contribution in [-0.2, 0) is 14.4 Å². The lowest BCUT2D eigenvalue weighted by atomic mass is 10.2. The van der Waals surface area contributed by atoms with Gasteiger partial charge in [-0.2, -0.15) is 0 Å². The van der Waals surface area contributed by atoms with Gasteiger partial charge in [0.25, 0.3) is 0 Å². The lowest BCUT2D eigenvalue weighted by Crippen LogP contribution is -2.24. The molecule has 0 atom stereocenters. The molecule has 0 spiro atoms. The molecule has 0 aromatic heterocycles. The molecule has 1 aromatic carbocycles. The summed E-state index contributed by atoms with van der Waals surface area (Å²) in [6.07, 6.45) is 0. The number of carbonyl (C=O) groups is 1. The van der Waals surface area contributed by atoms with E-state index < -0.39 is 5.97 Å². The Labute approximate surface area is 124 Å². The average Bonchev–Trinajstić information content (AvgIpc) is 2.39. The Balaban J connectivity index is 2.21. The normalized spacial score (nSPS) is 10.4. The van der Waals surface area contributed by atoms with Gasteiger partial charge < -0.3 is 9.64 Å². The highest BCUT2D eigenvalue weighted by Gasteiger charge is 2.04. The van der Waals surface area contributed by atoms with Gasteiger partial charge in [-0.05, 0) is 31.8 Å². The van der Waals surface area contributed by atoms with Crippen molar-refractivity contribution in [3.8, 4) is 0 Å². The molecule has 20 heavy (non-hydrogen) atoms. The zero-order chi connectivity index (χ0) is 15.0. The van der Waals surface area contributed by atoms with E-state index in [9.17, 15) is 4.79 Å². The van der Waals surface area contributed by atoms with E-state index in [0.29, 0.717) is 23.9 Å². The molecule has 0 unspecified atom stereocenters. The van der Waals surface area contributed by atoms with Gasteiger partial charge in [-0.3, -0.25) is 10.3 Å². The van der Waals surface area contributed by atoms with Crippen LogP contribution < -0.4 is 5.48 Å². The highest BCUT2D eigenvalue weighted by Crippen LogP contribution is 2.14.